The number of nitrogen functional groups attached to an aromatic ring is 1. The summed E-state index contributed by atoms with van der Waals surface area (Å²) in [7, 11) is 0. The van der Waals surface area contributed by atoms with Crippen LogP contribution >= 0.6 is 0 Å². The minimum absolute atomic E-state index is 0.0775. The van der Waals surface area contributed by atoms with Gasteiger partial charge in [-0.15, -0.1) is 0 Å². The Kier molecular flexibility index (Phi) is 2.78. The molecule has 0 unspecified atom stereocenters. The molecule has 2 aromatic carbocycles. The van der Waals surface area contributed by atoms with Crippen molar-refractivity contribution in [2.24, 2.45) is 0 Å². The largest absolute Gasteiger partial charge is 0.383 e. The van der Waals surface area contributed by atoms with Crippen molar-refractivity contribution < 1.29 is 13.2 Å². The Labute approximate surface area is 111 Å². The summed E-state index contributed by atoms with van der Waals surface area (Å²) < 4.78 is 40.2. The molecule has 1 aromatic heterocycles. The van der Waals surface area contributed by atoms with Crippen LogP contribution in [0, 0.1) is 17.5 Å². The van der Waals surface area contributed by atoms with E-state index in [2.05, 4.69) is 9.97 Å². The molecule has 20 heavy (non-hydrogen) atoms. The van der Waals surface area contributed by atoms with E-state index in [0.29, 0.717) is 5.39 Å². The normalized spacial score (nSPS) is 10.9. The summed E-state index contributed by atoms with van der Waals surface area (Å²) in [6.45, 7) is 0. The molecule has 3 rings (SSSR count). The van der Waals surface area contributed by atoms with Gasteiger partial charge in [0.05, 0.1) is 11.1 Å². The third-order valence-electron chi connectivity index (χ3n) is 2.88. The van der Waals surface area contributed by atoms with Crippen LogP contribution in [-0.2, 0) is 0 Å². The van der Waals surface area contributed by atoms with Crippen LogP contribution in [0.2, 0.25) is 0 Å². The Morgan fingerprint density at radius 2 is 1.75 bits per heavy atom. The molecule has 0 saturated carbocycles. The number of benzene rings is 2. The number of fused-ring (bicyclic) bond motifs is 1. The summed E-state index contributed by atoms with van der Waals surface area (Å²) in [5.41, 5.74) is 5.85. The Morgan fingerprint density at radius 1 is 0.950 bits per heavy atom. The van der Waals surface area contributed by atoms with Crippen LogP contribution < -0.4 is 5.73 Å². The van der Waals surface area contributed by atoms with Crippen LogP contribution in [0.4, 0.5) is 19.0 Å². The van der Waals surface area contributed by atoms with Crippen LogP contribution in [0.15, 0.2) is 36.4 Å². The van der Waals surface area contributed by atoms with Gasteiger partial charge in [0.15, 0.2) is 17.5 Å². The molecule has 0 spiro atoms. The van der Waals surface area contributed by atoms with E-state index in [1.807, 2.05) is 0 Å². The quantitative estimate of drug-likeness (QED) is 0.741. The number of nitrogens with two attached hydrogens (primary N) is 1. The fraction of sp³-hybridized carbons (Fsp3) is 0. The van der Waals surface area contributed by atoms with Gasteiger partial charge in [-0.1, -0.05) is 6.07 Å². The summed E-state index contributed by atoms with van der Waals surface area (Å²) in [6.07, 6.45) is 0. The minimum atomic E-state index is -1.07. The van der Waals surface area contributed by atoms with Gasteiger partial charge in [0, 0.05) is 11.5 Å². The van der Waals surface area contributed by atoms with Crippen molar-refractivity contribution in [2.75, 3.05) is 5.73 Å². The second kappa shape index (κ2) is 4.48. The van der Waals surface area contributed by atoms with Crippen molar-refractivity contribution in [1.29, 1.82) is 0 Å². The van der Waals surface area contributed by atoms with E-state index < -0.39 is 17.5 Å². The fourth-order valence-corrected chi connectivity index (χ4v) is 1.92. The van der Waals surface area contributed by atoms with Gasteiger partial charge >= 0.3 is 0 Å². The van der Waals surface area contributed by atoms with Crippen molar-refractivity contribution in [3.63, 3.8) is 0 Å². The molecule has 0 aliphatic rings. The maximum absolute atomic E-state index is 13.7. The molecule has 2 N–H and O–H groups in total. The molecule has 0 aliphatic heterocycles. The molecule has 0 atom stereocenters. The van der Waals surface area contributed by atoms with E-state index in [4.69, 9.17) is 5.73 Å². The average Bonchev–Trinajstić information content (AvgIpc) is 2.41. The number of aromatic nitrogens is 2. The minimum Gasteiger partial charge on any atom is -0.383 e. The Bertz CT molecular complexity index is 818. The van der Waals surface area contributed by atoms with Crippen molar-refractivity contribution in [1.82, 2.24) is 9.97 Å². The van der Waals surface area contributed by atoms with E-state index in [1.165, 1.54) is 24.3 Å². The van der Waals surface area contributed by atoms with E-state index >= 15 is 0 Å². The van der Waals surface area contributed by atoms with E-state index in [0.717, 1.165) is 12.1 Å². The Balaban J connectivity index is 2.29. The van der Waals surface area contributed by atoms with Gasteiger partial charge in [0.2, 0.25) is 0 Å². The Morgan fingerprint density at radius 3 is 2.55 bits per heavy atom. The molecular weight excluding hydrogens is 267 g/mol. The number of halogens is 3. The summed E-state index contributed by atoms with van der Waals surface area (Å²) in [5, 5.41) is 0.451. The van der Waals surface area contributed by atoms with E-state index in [-0.39, 0.29) is 22.7 Å². The van der Waals surface area contributed by atoms with Crippen LogP contribution in [0.25, 0.3) is 22.3 Å². The lowest BCUT2D eigenvalue weighted by Crippen LogP contribution is -2.00. The third-order valence-corrected chi connectivity index (χ3v) is 2.88. The van der Waals surface area contributed by atoms with Gasteiger partial charge < -0.3 is 5.73 Å². The SMILES string of the molecule is Nc1nc(-c2cccc(F)c2F)nc2cc(F)ccc12. The first-order chi connectivity index (χ1) is 9.56. The zero-order chi connectivity index (χ0) is 14.3. The lowest BCUT2D eigenvalue weighted by atomic mass is 10.1. The molecule has 0 bridgehead atoms. The second-order valence-electron chi connectivity index (χ2n) is 4.20. The smallest absolute Gasteiger partial charge is 0.169 e. The molecule has 6 heteroatoms. The highest BCUT2D eigenvalue weighted by Crippen LogP contribution is 2.26. The van der Waals surface area contributed by atoms with Gasteiger partial charge in [-0.2, -0.15) is 0 Å². The molecule has 0 fully saturated rings. The average molecular weight is 275 g/mol. The predicted molar refractivity (Wildman–Crippen MR) is 69.3 cm³/mol. The molecule has 0 saturated heterocycles. The lowest BCUT2D eigenvalue weighted by molar-refractivity contribution is 0.510. The van der Waals surface area contributed by atoms with E-state index in [9.17, 15) is 13.2 Å². The molecule has 0 amide bonds. The van der Waals surface area contributed by atoms with Crippen molar-refractivity contribution in [3.05, 3.63) is 53.8 Å². The number of rotatable bonds is 1. The molecule has 100 valence electrons. The zero-order valence-corrected chi connectivity index (χ0v) is 10.1. The molecule has 0 radical (unpaired) electrons. The van der Waals surface area contributed by atoms with Crippen molar-refractivity contribution in [2.45, 2.75) is 0 Å². The summed E-state index contributed by atoms with van der Waals surface area (Å²) in [6, 6.07) is 7.48. The third kappa shape index (κ3) is 1.95. The number of nitrogens with zero attached hydrogens (tertiary/aromatic N) is 2. The number of anilines is 1. The fourth-order valence-electron chi connectivity index (χ4n) is 1.92. The maximum atomic E-state index is 13.7. The summed E-state index contributed by atoms with van der Waals surface area (Å²) in [4.78, 5) is 7.97. The van der Waals surface area contributed by atoms with Gasteiger partial charge in [0.1, 0.15) is 11.6 Å². The van der Waals surface area contributed by atoms with Crippen LogP contribution in [-0.4, -0.2) is 9.97 Å². The number of hydrogen-bond donors (Lipinski definition) is 1. The first-order valence-electron chi connectivity index (χ1n) is 5.73. The van der Waals surface area contributed by atoms with E-state index in [1.54, 1.807) is 0 Å². The second-order valence-corrected chi connectivity index (χ2v) is 4.20. The van der Waals surface area contributed by atoms with Gasteiger partial charge in [0.25, 0.3) is 0 Å². The van der Waals surface area contributed by atoms with Gasteiger partial charge in [-0.05, 0) is 24.3 Å². The molecule has 0 aliphatic carbocycles. The van der Waals surface area contributed by atoms with Crippen LogP contribution in [0.1, 0.15) is 0 Å². The monoisotopic (exact) mass is 275 g/mol. The first kappa shape index (κ1) is 12.4. The Hall–Kier alpha value is -2.63. The lowest BCUT2D eigenvalue weighted by Gasteiger charge is -2.06. The van der Waals surface area contributed by atoms with Crippen molar-refractivity contribution in [3.8, 4) is 11.4 Å². The molecular formula is C14H8F3N3. The van der Waals surface area contributed by atoms with Gasteiger partial charge in [-0.25, -0.2) is 23.1 Å². The molecule has 3 aromatic rings. The standard InChI is InChI=1S/C14H8F3N3/c15-7-4-5-8-11(6-7)19-14(20-13(8)18)9-2-1-3-10(16)12(9)17/h1-6H,(H2,18,19,20). The highest BCUT2D eigenvalue weighted by molar-refractivity contribution is 5.89. The highest BCUT2D eigenvalue weighted by Gasteiger charge is 2.14. The zero-order valence-electron chi connectivity index (χ0n) is 10.1. The number of hydrogen-bond acceptors (Lipinski definition) is 3. The maximum Gasteiger partial charge on any atom is 0.169 e. The van der Waals surface area contributed by atoms with Crippen molar-refractivity contribution >= 4 is 16.7 Å². The first-order valence-corrected chi connectivity index (χ1v) is 5.73. The summed E-state index contributed by atoms with van der Waals surface area (Å²) in [5.74, 6) is -2.58. The summed E-state index contributed by atoms with van der Waals surface area (Å²) >= 11 is 0. The van der Waals surface area contributed by atoms with Crippen LogP contribution in [0.3, 0.4) is 0 Å². The van der Waals surface area contributed by atoms with Gasteiger partial charge in [-0.3, -0.25) is 0 Å². The van der Waals surface area contributed by atoms with Crippen LogP contribution in [0.5, 0.6) is 0 Å². The predicted octanol–water partition coefficient (Wildman–Crippen LogP) is 3.30. The topological polar surface area (TPSA) is 51.8 Å². The molecule has 3 nitrogen and oxygen atoms in total. The highest BCUT2D eigenvalue weighted by atomic mass is 19.2. The molecule has 1 heterocycles.